The predicted octanol–water partition coefficient (Wildman–Crippen LogP) is 1.33. The van der Waals surface area contributed by atoms with Crippen LogP contribution in [0.1, 0.15) is 18.9 Å². The highest BCUT2D eigenvalue weighted by molar-refractivity contribution is 5.36. The fourth-order valence-electron chi connectivity index (χ4n) is 2.37. The van der Waals surface area contributed by atoms with Crippen molar-refractivity contribution in [1.29, 1.82) is 0 Å². The number of pyridine rings is 1. The smallest absolute Gasteiger partial charge is 0.125 e. The van der Waals surface area contributed by atoms with E-state index in [2.05, 4.69) is 27.3 Å². The molecule has 2 atom stereocenters. The van der Waals surface area contributed by atoms with E-state index in [0.717, 1.165) is 31.9 Å². The molecule has 4 nitrogen and oxygen atoms in total. The first-order chi connectivity index (χ1) is 8.19. The van der Waals surface area contributed by atoms with Crippen molar-refractivity contribution < 1.29 is 5.11 Å². The van der Waals surface area contributed by atoms with E-state index in [1.165, 1.54) is 5.56 Å². The van der Waals surface area contributed by atoms with Crippen LogP contribution in [0.3, 0.4) is 0 Å². The number of likely N-dealkylation sites (tertiary alicyclic amines) is 1. The summed E-state index contributed by atoms with van der Waals surface area (Å²) in [5.74, 6) is 1.34. The molecule has 0 saturated carbocycles. The van der Waals surface area contributed by atoms with Crippen molar-refractivity contribution in [1.82, 2.24) is 9.88 Å². The summed E-state index contributed by atoms with van der Waals surface area (Å²) in [6.07, 6.45) is 2.75. The number of aromatic nitrogens is 1. The van der Waals surface area contributed by atoms with Crippen LogP contribution in [0, 0.1) is 5.92 Å². The van der Waals surface area contributed by atoms with E-state index >= 15 is 0 Å². The van der Waals surface area contributed by atoms with E-state index in [1.54, 1.807) is 0 Å². The summed E-state index contributed by atoms with van der Waals surface area (Å²) in [6, 6.07) is 4.13. The molecule has 0 amide bonds. The van der Waals surface area contributed by atoms with Crippen molar-refractivity contribution in [2.45, 2.75) is 26.0 Å². The first-order valence-electron chi connectivity index (χ1n) is 6.22. The summed E-state index contributed by atoms with van der Waals surface area (Å²) in [7, 11) is 1.88. The number of aliphatic hydroxyl groups excluding tert-OH is 1. The topological polar surface area (TPSA) is 48.4 Å². The Balaban J connectivity index is 1.93. The third kappa shape index (κ3) is 3.17. The molecular formula is C13H21N3O. The van der Waals surface area contributed by atoms with Gasteiger partial charge in [-0.3, -0.25) is 4.90 Å². The van der Waals surface area contributed by atoms with Gasteiger partial charge in [0, 0.05) is 26.3 Å². The zero-order valence-corrected chi connectivity index (χ0v) is 10.6. The summed E-state index contributed by atoms with van der Waals surface area (Å²) < 4.78 is 0. The first kappa shape index (κ1) is 12.3. The Labute approximate surface area is 103 Å². The molecule has 1 saturated heterocycles. The summed E-state index contributed by atoms with van der Waals surface area (Å²) >= 11 is 0. The van der Waals surface area contributed by atoms with Crippen molar-refractivity contribution in [3.63, 3.8) is 0 Å². The number of rotatable bonds is 4. The summed E-state index contributed by atoms with van der Waals surface area (Å²) in [6.45, 7) is 4.90. The Hall–Kier alpha value is -1.13. The molecule has 1 aromatic heterocycles. The van der Waals surface area contributed by atoms with Crippen LogP contribution in [0.4, 0.5) is 5.82 Å². The highest BCUT2D eigenvalue weighted by Crippen LogP contribution is 2.21. The lowest BCUT2D eigenvalue weighted by Gasteiger charge is -2.17. The molecule has 2 N–H and O–H groups in total. The molecule has 0 spiro atoms. The summed E-state index contributed by atoms with van der Waals surface area (Å²) in [4.78, 5) is 6.60. The van der Waals surface area contributed by atoms with Gasteiger partial charge in [0.05, 0.1) is 6.10 Å². The number of nitrogens with one attached hydrogen (secondary N) is 1. The van der Waals surface area contributed by atoms with Crippen molar-refractivity contribution in [3.8, 4) is 0 Å². The SMILES string of the molecule is CNc1cc(CN2CCC(C(C)O)C2)ccn1. The molecule has 1 fully saturated rings. The van der Waals surface area contributed by atoms with Crippen LogP contribution >= 0.6 is 0 Å². The monoisotopic (exact) mass is 235 g/mol. The van der Waals surface area contributed by atoms with Crippen LogP contribution in [0.15, 0.2) is 18.3 Å². The number of hydrogen-bond acceptors (Lipinski definition) is 4. The van der Waals surface area contributed by atoms with E-state index in [1.807, 2.05) is 20.2 Å². The number of nitrogens with zero attached hydrogens (tertiary/aromatic N) is 2. The third-order valence-electron chi connectivity index (χ3n) is 3.48. The van der Waals surface area contributed by atoms with E-state index in [0.29, 0.717) is 5.92 Å². The molecule has 0 bridgehead atoms. The van der Waals surface area contributed by atoms with Gasteiger partial charge in [-0.25, -0.2) is 4.98 Å². The minimum Gasteiger partial charge on any atom is -0.393 e. The van der Waals surface area contributed by atoms with Crippen LogP contribution in [-0.4, -0.2) is 41.2 Å². The lowest BCUT2D eigenvalue weighted by Crippen LogP contribution is -2.24. The molecule has 2 rings (SSSR count). The second kappa shape index (κ2) is 5.47. The van der Waals surface area contributed by atoms with Gasteiger partial charge in [0.25, 0.3) is 0 Å². The molecule has 2 unspecified atom stereocenters. The number of anilines is 1. The molecule has 2 heterocycles. The molecule has 0 aliphatic carbocycles. The van der Waals surface area contributed by atoms with Crippen LogP contribution in [-0.2, 0) is 6.54 Å². The zero-order chi connectivity index (χ0) is 12.3. The Kier molecular flexibility index (Phi) is 3.97. The van der Waals surface area contributed by atoms with Crippen molar-refractivity contribution in [2.24, 2.45) is 5.92 Å². The molecule has 4 heteroatoms. The summed E-state index contributed by atoms with van der Waals surface area (Å²) in [5, 5.41) is 12.6. The molecule has 1 aliphatic rings. The summed E-state index contributed by atoms with van der Waals surface area (Å²) in [5.41, 5.74) is 1.27. The van der Waals surface area contributed by atoms with Crippen LogP contribution in [0.5, 0.6) is 0 Å². The Morgan fingerprint density at radius 2 is 2.47 bits per heavy atom. The molecule has 94 valence electrons. The maximum atomic E-state index is 9.57. The maximum absolute atomic E-state index is 9.57. The Morgan fingerprint density at radius 3 is 3.12 bits per heavy atom. The van der Waals surface area contributed by atoms with Gasteiger partial charge in [-0.1, -0.05) is 0 Å². The standard InChI is InChI=1S/C13H21N3O/c1-10(17)12-4-6-16(9-12)8-11-3-5-15-13(7-11)14-2/h3,5,7,10,12,17H,4,6,8-9H2,1-2H3,(H,14,15). The second-order valence-electron chi connectivity index (χ2n) is 4.82. The van der Waals surface area contributed by atoms with Gasteiger partial charge in [-0.05, 0) is 43.5 Å². The van der Waals surface area contributed by atoms with E-state index in [9.17, 15) is 5.11 Å². The fraction of sp³-hybridized carbons (Fsp3) is 0.615. The van der Waals surface area contributed by atoms with E-state index < -0.39 is 0 Å². The van der Waals surface area contributed by atoms with Gasteiger partial charge in [0.1, 0.15) is 5.82 Å². The predicted molar refractivity (Wildman–Crippen MR) is 68.8 cm³/mol. The third-order valence-corrected chi connectivity index (χ3v) is 3.48. The molecule has 1 aromatic rings. The van der Waals surface area contributed by atoms with Gasteiger partial charge < -0.3 is 10.4 Å². The van der Waals surface area contributed by atoms with Gasteiger partial charge in [0.15, 0.2) is 0 Å². The van der Waals surface area contributed by atoms with E-state index in [4.69, 9.17) is 0 Å². The number of hydrogen-bond donors (Lipinski definition) is 2. The normalized spacial score (nSPS) is 22.6. The largest absolute Gasteiger partial charge is 0.393 e. The second-order valence-corrected chi connectivity index (χ2v) is 4.82. The van der Waals surface area contributed by atoms with Gasteiger partial charge >= 0.3 is 0 Å². The molecule has 17 heavy (non-hydrogen) atoms. The van der Waals surface area contributed by atoms with Crippen molar-refractivity contribution in [3.05, 3.63) is 23.9 Å². The average molecular weight is 235 g/mol. The minimum atomic E-state index is -0.190. The highest BCUT2D eigenvalue weighted by Gasteiger charge is 2.25. The van der Waals surface area contributed by atoms with Crippen LogP contribution in [0.25, 0.3) is 0 Å². The van der Waals surface area contributed by atoms with Gasteiger partial charge in [-0.15, -0.1) is 0 Å². The molecule has 0 radical (unpaired) electrons. The molecule has 0 aromatic carbocycles. The quantitative estimate of drug-likeness (QED) is 0.826. The van der Waals surface area contributed by atoms with Crippen LogP contribution in [0.2, 0.25) is 0 Å². The van der Waals surface area contributed by atoms with Gasteiger partial charge in [0.2, 0.25) is 0 Å². The minimum absolute atomic E-state index is 0.190. The van der Waals surface area contributed by atoms with Gasteiger partial charge in [-0.2, -0.15) is 0 Å². The Morgan fingerprint density at radius 1 is 1.65 bits per heavy atom. The van der Waals surface area contributed by atoms with Crippen LogP contribution < -0.4 is 5.32 Å². The maximum Gasteiger partial charge on any atom is 0.125 e. The average Bonchev–Trinajstić information content (AvgIpc) is 2.78. The highest BCUT2D eigenvalue weighted by atomic mass is 16.3. The van der Waals surface area contributed by atoms with Crippen molar-refractivity contribution in [2.75, 3.05) is 25.5 Å². The zero-order valence-electron chi connectivity index (χ0n) is 10.6. The lowest BCUT2D eigenvalue weighted by atomic mass is 10.0. The Bertz CT molecular complexity index is 367. The molecule has 1 aliphatic heterocycles. The fourth-order valence-corrected chi connectivity index (χ4v) is 2.37. The van der Waals surface area contributed by atoms with E-state index in [-0.39, 0.29) is 6.10 Å². The molecular weight excluding hydrogens is 214 g/mol. The number of aliphatic hydroxyl groups is 1. The van der Waals surface area contributed by atoms with Crippen molar-refractivity contribution >= 4 is 5.82 Å². The first-order valence-corrected chi connectivity index (χ1v) is 6.22. The lowest BCUT2D eigenvalue weighted by molar-refractivity contribution is 0.127.